The Morgan fingerprint density at radius 3 is 2.47 bits per heavy atom. The molecule has 3 N–H and O–H groups in total. The molecule has 1 amide bonds. The summed E-state index contributed by atoms with van der Waals surface area (Å²) in [6.07, 6.45) is 3.82. The first-order valence-electron chi connectivity index (χ1n) is 6.19. The van der Waals surface area contributed by atoms with Crippen LogP contribution in [0.25, 0.3) is 0 Å². The number of nitrogens with two attached hydrogens (primary N) is 1. The van der Waals surface area contributed by atoms with Crippen molar-refractivity contribution in [3.05, 3.63) is 0 Å². The maximum Gasteiger partial charge on any atom is 0.221 e. The van der Waals surface area contributed by atoms with Crippen LogP contribution in [0.1, 0.15) is 39.0 Å². The molecule has 0 aromatic rings. The summed E-state index contributed by atoms with van der Waals surface area (Å²) in [6, 6.07) is 0. The van der Waals surface area contributed by atoms with Crippen LogP contribution in [0, 0.1) is 0 Å². The zero-order valence-electron chi connectivity index (χ0n) is 10.6. The first-order valence-corrected chi connectivity index (χ1v) is 8.01. The van der Waals surface area contributed by atoms with Crippen LogP contribution in [0.5, 0.6) is 0 Å². The van der Waals surface area contributed by atoms with E-state index in [4.69, 9.17) is 5.73 Å². The first kappa shape index (κ1) is 16.4. The summed E-state index contributed by atoms with van der Waals surface area (Å²) in [4.78, 5) is 11.2. The lowest BCUT2D eigenvalue weighted by Crippen LogP contribution is -2.30. The number of sulfone groups is 1. The molecule has 0 rings (SSSR count). The Kier molecular flexibility index (Phi) is 9.07. The number of unbranched alkanes of at least 4 members (excludes halogenated alkanes) is 3. The summed E-state index contributed by atoms with van der Waals surface area (Å²) in [5.74, 6) is -0.111. The van der Waals surface area contributed by atoms with Gasteiger partial charge >= 0.3 is 0 Å². The second-order valence-electron chi connectivity index (χ2n) is 4.10. The molecule has 0 bridgehead atoms. The van der Waals surface area contributed by atoms with Crippen molar-refractivity contribution in [2.24, 2.45) is 5.73 Å². The standard InChI is InChI=1S/C11H24N2O3S/c1-2-3-4-5-9-17(15,16)10-6-11(14)13-8-7-12/h2-10,12H2,1H3,(H,13,14). The summed E-state index contributed by atoms with van der Waals surface area (Å²) >= 11 is 0. The molecule has 5 nitrogen and oxygen atoms in total. The fraction of sp³-hybridized carbons (Fsp3) is 0.909. The van der Waals surface area contributed by atoms with Crippen LogP contribution in [-0.2, 0) is 14.6 Å². The molecule has 0 aliphatic heterocycles. The molecule has 0 heterocycles. The van der Waals surface area contributed by atoms with Crippen LogP contribution in [0.2, 0.25) is 0 Å². The van der Waals surface area contributed by atoms with Crippen molar-refractivity contribution in [1.82, 2.24) is 5.32 Å². The molecule has 17 heavy (non-hydrogen) atoms. The van der Waals surface area contributed by atoms with Crippen LogP contribution < -0.4 is 11.1 Å². The fourth-order valence-corrected chi connectivity index (χ4v) is 2.74. The highest BCUT2D eigenvalue weighted by Crippen LogP contribution is 2.03. The van der Waals surface area contributed by atoms with E-state index in [-0.39, 0.29) is 23.8 Å². The van der Waals surface area contributed by atoms with Gasteiger partial charge in [0.05, 0.1) is 11.5 Å². The summed E-state index contributed by atoms with van der Waals surface area (Å²) in [5.41, 5.74) is 5.22. The zero-order chi connectivity index (χ0) is 13.1. The Bertz CT molecular complexity index is 302. The van der Waals surface area contributed by atoms with Gasteiger partial charge in [-0.05, 0) is 6.42 Å². The SMILES string of the molecule is CCCCCCS(=O)(=O)CCC(=O)NCCN. The van der Waals surface area contributed by atoms with E-state index < -0.39 is 9.84 Å². The monoisotopic (exact) mass is 264 g/mol. The average molecular weight is 264 g/mol. The summed E-state index contributed by atoms with van der Waals surface area (Å²) in [6.45, 7) is 2.85. The number of hydrogen-bond donors (Lipinski definition) is 2. The maximum atomic E-state index is 11.6. The molecule has 0 saturated heterocycles. The van der Waals surface area contributed by atoms with Gasteiger partial charge in [-0.3, -0.25) is 4.79 Å². The third-order valence-electron chi connectivity index (χ3n) is 2.42. The molecule has 0 spiro atoms. The molecular weight excluding hydrogens is 240 g/mol. The van der Waals surface area contributed by atoms with Crippen molar-refractivity contribution in [3.8, 4) is 0 Å². The average Bonchev–Trinajstić information content (AvgIpc) is 2.30. The Balaban J connectivity index is 3.73. The van der Waals surface area contributed by atoms with E-state index in [0.717, 1.165) is 19.3 Å². The van der Waals surface area contributed by atoms with Crippen LogP contribution in [0.15, 0.2) is 0 Å². The molecule has 0 fully saturated rings. The minimum atomic E-state index is -3.07. The summed E-state index contributed by atoms with van der Waals surface area (Å²) < 4.78 is 23.1. The van der Waals surface area contributed by atoms with Crippen LogP contribution >= 0.6 is 0 Å². The zero-order valence-corrected chi connectivity index (χ0v) is 11.4. The van der Waals surface area contributed by atoms with Gasteiger partial charge in [-0.15, -0.1) is 0 Å². The van der Waals surface area contributed by atoms with Crippen molar-refractivity contribution in [2.75, 3.05) is 24.6 Å². The van der Waals surface area contributed by atoms with Gasteiger partial charge < -0.3 is 11.1 Å². The number of carbonyl (C=O) groups is 1. The van der Waals surface area contributed by atoms with E-state index in [2.05, 4.69) is 12.2 Å². The number of amides is 1. The molecule has 0 aromatic carbocycles. The molecule has 0 aliphatic rings. The normalized spacial score (nSPS) is 11.4. The van der Waals surface area contributed by atoms with Gasteiger partial charge in [0.1, 0.15) is 0 Å². The highest BCUT2D eigenvalue weighted by atomic mass is 32.2. The first-order chi connectivity index (χ1) is 8.02. The van der Waals surface area contributed by atoms with Gasteiger partial charge in [0.25, 0.3) is 0 Å². The molecule has 0 atom stereocenters. The second kappa shape index (κ2) is 9.41. The van der Waals surface area contributed by atoms with E-state index in [9.17, 15) is 13.2 Å². The molecule has 0 aliphatic carbocycles. The van der Waals surface area contributed by atoms with Crippen LogP contribution in [0.3, 0.4) is 0 Å². The Labute approximate surface area is 104 Å². The van der Waals surface area contributed by atoms with Gasteiger partial charge in [0.2, 0.25) is 5.91 Å². The predicted molar refractivity (Wildman–Crippen MR) is 69.5 cm³/mol. The second-order valence-corrected chi connectivity index (χ2v) is 6.40. The molecule has 0 saturated carbocycles. The lowest BCUT2D eigenvalue weighted by atomic mass is 10.2. The third kappa shape index (κ3) is 10.3. The van der Waals surface area contributed by atoms with Gasteiger partial charge in [-0.25, -0.2) is 8.42 Å². The van der Waals surface area contributed by atoms with Crippen LogP contribution in [-0.4, -0.2) is 38.9 Å². The van der Waals surface area contributed by atoms with Gasteiger partial charge in [0.15, 0.2) is 9.84 Å². The number of rotatable bonds is 10. The fourth-order valence-electron chi connectivity index (χ4n) is 1.40. The van der Waals surface area contributed by atoms with Crippen molar-refractivity contribution in [1.29, 1.82) is 0 Å². The Morgan fingerprint density at radius 2 is 1.88 bits per heavy atom. The van der Waals surface area contributed by atoms with Gasteiger partial charge in [0, 0.05) is 19.5 Å². The Morgan fingerprint density at radius 1 is 1.18 bits per heavy atom. The van der Waals surface area contributed by atoms with Gasteiger partial charge in [-0.1, -0.05) is 26.2 Å². The van der Waals surface area contributed by atoms with Crippen molar-refractivity contribution in [2.45, 2.75) is 39.0 Å². The number of nitrogens with one attached hydrogen (secondary N) is 1. The quantitative estimate of drug-likeness (QED) is 0.561. The highest BCUT2D eigenvalue weighted by molar-refractivity contribution is 7.91. The van der Waals surface area contributed by atoms with Crippen molar-refractivity contribution < 1.29 is 13.2 Å². The Hall–Kier alpha value is -0.620. The van der Waals surface area contributed by atoms with Crippen molar-refractivity contribution >= 4 is 15.7 Å². The molecule has 0 unspecified atom stereocenters. The van der Waals surface area contributed by atoms with E-state index in [1.165, 1.54) is 0 Å². The lowest BCUT2D eigenvalue weighted by molar-refractivity contribution is -0.120. The van der Waals surface area contributed by atoms with Gasteiger partial charge in [-0.2, -0.15) is 0 Å². The molecule has 102 valence electrons. The molecule has 0 radical (unpaired) electrons. The summed E-state index contributed by atoms with van der Waals surface area (Å²) in [5, 5.41) is 2.55. The minimum absolute atomic E-state index is 0.0378. The van der Waals surface area contributed by atoms with E-state index >= 15 is 0 Å². The lowest BCUT2D eigenvalue weighted by Gasteiger charge is -2.05. The van der Waals surface area contributed by atoms with E-state index in [1.54, 1.807) is 0 Å². The summed E-state index contributed by atoms with van der Waals surface area (Å²) in [7, 11) is -3.07. The van der Waals surface area contributed by atoms with Crippen LogP contribution in [0.4, 0.5) is 0 Å². The topological polar surface area (TPSA) is 89.3 Å². The molecule has 6 heteroatoms. The smallest absolute Gasteiger partial charge is 0.221 e. The highest BCUT2D eigenvalue weighted by Gasteiger charge is 2.12. The van der Waals surface area contributed by atoms with E-state index in [1.807, 2.05) is 0 Å². The van der Waals surface area contributed by atoms with Crippen molar-refractivity contribution in [3.63, 3.8) is 0 Å². The maximum absolute atomic E-state index is 11.6. The third-order valence-corrected chi connectivity index (χ3v) is 4.15. The molecular formula is C11H24N2O3S. The minimum Gasteiger partial charge on any atom is -0.355 e. The number of carbonyl (C=O) groups excluding carboxylic acids is 1. The number of hydrogen-bond acceptors (Lipinski definition) is 4. The largest absolute Gasteiger partial charge is 0.355 e. The molecule has 0 aromatic heterocycles. The van der Waals surface area contributed by atoms with E-state index in [0.29, 0.717) is 19.5 Å². The predicted octanol–water partition coefficient (Wildman–Crippen LogP) is 0.447.